The molecule has 40 heavy (non-hydrogen) atoms. The Labute approximate surface area is 224 Å². The molecule has 1 aromatic rings. The van der Waals surface area contributed by atoms with Crippen molar-refractivity contribution in [3.63, 3.8) is 0 Å². The molecule has 2 aliphatic rings. The number of aromatic nitrogens is 2. The number of carbonyl (C=O) groups is 1. The van der Waals surface area contributed by atoms with Gasteiger partial charge in [-0.2, -0.15) is 4.31 Å². The van der Waals surface area contributed by atoms with Crippen LogP contribution in [0.4, 0.5) is 0 Å². The lowest BCUT2D eigenvalue weighted by Gasteiger charge is -2.43. The normalized spacial score (nSPS) is 35.5. The Morgan fingerprint density at radius 2 is 1.77 bits per heavy atom. The Bertz CT molecular complexity index is 1260. The van der Waals surface area contributed by atoms with Crippen LogP contribution < -0.4 is 16.6 Å². The monoisotopic (exact) mass is 621 g/mol. The van der Waals surface area contributed by atoms with Crippen LogP contribution >= 0.6 is 15.6 Å². The predicted octanol–water partition coefficient (Wildman–Crippen LogP) is -4.00. The zero-order chi connectivity index (χ0) is 30.0. The van der Waals surface area contributed by atoms with Crippen LogP contribution in [-0.2, 0) is 41.5 Å². The average molecular weight is 621 g/mol. The number of nitrogens with one attached hydrogen (secondary N) is 2. The van der Waals surface area contributed by atoms with Gasteiger partial charge in [-0.25, -0.2) is 13.9 Å². The second-order valence-electron chi connectivity index (χ2n) is 8.63. The Balaban J connectivity index is 1.67. The highest BCUT2D eigenvalue weighted by Crippen LogP contribution is 2.61. The molecule has 0 aromatic carbocycles. The summed E-state index contributed by atoms with van der Waals surface area (Å²) in [6, 6.07) is -0.628. The largest absolute Gasteiger partial charge is 0.483 e. The van der Waals surface area contributed by atoms with Gasteiger partial charge in [-0.3, -0.25) is 28.2 Å². The van der Waals surface area contributed by atoms with Crippen molar-refractivity contribution in [2.45, 2.75) is 62.1 Å². The molecule has 0 radical (unpaired) electrons. The van der Waals surface area contributed by atoms with Gasteiger partial charge in [0.1, 0.15) is 42.7 Å². The number of nitrogens with zero attached hydrogens (tertiary/aromatic N) is 1. The number of aromatic amines is 1. The number of H-pyrrole nitrogens is 1. The predicted molar refractivity (Wildman–Crippen MR) is 125 cm³/mol. The van der Waals surface area contributed by atoms with Gasteiger partial charge in [0.25, 0.3) is 5.56 Å². The minimum absolute atomic E-state index is 0.733. The van der Waals surface area contributed by atoms with Crippen LogP contribution in [0, 0.1) is 0 Å². The third-order valence-electron chi connectivity index (χ3n) is 5.80. The van der Waals surface area contributed by atoms with Crippen LogP contribution in [-0.4, -0.2) is 115 Å². The topological polar surface area (TPSA) is 295 Å². The van der Waals surface area contributed by atoms with Gasteiger partial charge in [0.2, 0.25) is 5.91 Å². The summed E-state index contributed by atoms with van der Waals surface area (Å²) in [5, 5.41) is 42.7. The number of amides is 1. The van der Waals surface area contributed by atoms with Gasteiger partial charge in [0.15, 0.2) is 12.5 Å². The third kappa shape index (κ3) is 7.69. The highest BCUT2D eigenvalue weighted by Gasteiger charge is 2.51. The summed E-state index contributed by atoms with van der Waals surface area (Å²) in [6.07, 6.45) is -11.9. The zero-order valence-electron chi connectivity index (χ0n) is 20.8. The first-order valence-corrected chi connectivity index (χ1v) is 14.4. The molecule has 0 saturated carbocycles. The van der Waals surface area contributed by atoms with E-state index in [9.17, 15) is 53.7 Å². The van der Waals surface area contributed by atoms with Crippen LogP contribution in [0.2, 0.25) is 0 Å². The van der Waals surface area contributed by atoms with E-state index in [-0.39, 0.29) is 0 Å². The van der Waals surface area contributed by atoms with Crippen molar-refractivity contribution in [2.24, 2.45) is 0 Å². The maximum absolute atomic E-state index is 12.5. The molecule has 0 bridgehead atoms. The van der Waals surface area contributed by atoms with Crippen molar-refractivity contribution in [2.75, 3.05) is 20.3 Å². The Morgan fingerprint density at radius 3 is 2.35 bits per heavy atom. The maximum Gasteiger partial charge on any atom is 0.483 e. The Morgan fingerprint density at radius 1 is 1.10 bits per heavy atom. The quantitative estimate of drug-likeness (QED) is 0.109. The van der Waals surface area contributed by atoms with Gasteiger partial charge in [0.05, 0.1) is 13.2 Å². The molecule has 0 spiro atoms. The molecule has 1 aromatic heterocycles. The minimum atomic E-state index is -5.59. The second kappa shape index (κ2) is 13.0. The summed E-state index contributed by atoms with van der Waals surface area (Å²) >= 11 is 0. The summed E-state index contributed by atoms with van der Waals surface area (Å²) in [6.45, 7) is -0.735. The maximum atomic E-state index is 12.5. The number of carbonyl (C=O) groups excluding carboxylic acids is 1. The van der Waals surface area contributed by atoms with Crippen LogP contribution in [0.5, 0.6) is 0 Å². The van der Waals surface area contributed by atoms with E-state index < -0.39 is 101 Å². The number of phosphoric acid groups is 2. The summed E-state index contributed by atoms with van der Waals surface area (Å²) < 4.78 is 54.8. The first-order valence-electron chi connectivity index (χ1n) is 11.4. The summed E-state index contributed by atoms with van der Waals surface area (Å²) in [7, 11) is -9.93. The van der Waals surface area contributed by atoms with E-state index in [1.807, 2.05) is 4.98 Å². The average Bonchev–Trinajstić information content (AvgIpc) is 3.12. The molecule has 0 aliphatic carbocycles. The van der Waals surface area contributed by atoms with Gasteiger partial charge in [-0.15, -0.1) is 0 Å². The first-order chi connectivity index (χ1) is 18.6. The molecule has 11 atom stereocenters. The lowest BCUT2D eigenvalue weighted by molar-refractivity contribution is -0.253. The molecule has 3 rings (SSSR count). The number of aliphatic hydroxyl groups excluding tert-OH is 4. The molecule has 1 amide bonds. The Hall–Kier alpha value is -1.87. The van der Waals surface area contributed by atoms with Crippen LogP contribution in [0.15, 0.2) is 21.9 Å². The number of hydrogen-bond acceptors (Lipinski definition) is 15. The van der Waals surface area contributed by atoms with E-state index in [4.69, 9.17) is 18.7 Å². The van der Waals surface area contributed by atoms with Gasteiger partial charge in [-0.05, 0) is 0 Å². The van der Waals surface area contributed by atoms with Crippen molar-refractivity contribution in [1.29, 1.82) is 0 Å². The van der Waals surface area contributed by atoms with Gasteiger partial charge >= 0.3 is 21.3 Å². The standard InChI is InChI=1S/C18H29N3O17P2/c1-7(23)19-11-13(26)15(33-2)8(5-22)36-17(11)37-40(31,32)38-39(29,30)34-6-9-12(25)14(27)16(35-9)21-4-3-10(24)20-18(21)28/h3-4,8-9,11-17,22,25-27H,5-6H2,1-2H3,(H,19,23)(H,29,30)(H,31,32)(H,20,24,28)/t8?,9-,11?,12-,13?,14-,15?,16?,17?/m1/s1. The molecule has 2 fully saturated rings. The fraction of sp³-hybridized carbons (Fsp3) is 0.722. The van der Waals surface area contributed by atoms with Crippen LogP contribution in [0.25, 0.3) is 0 Å². The van der Waals surface area contributed by atoms with Crippen LogP contribution in [0.1, 0.15) is 13.2 Å². The van der Waals surface area contributed by atoms with Crippen molar-refractivity contribution < 1.29 is 71.7 Å². The van der Waals surface area contributed by atoms with Gasteiger partial charge < -0.3 is 49.7 Å². The molecular weight excluding hydrogens is 592 g/mol. The first kappa shape index (κ1) is 32.6. The van der Waals surface area contributed by atoms with E-state index in [0.29, 0.717) is 0 Å². The molecule has 3 heterocycles. The molecule has 22 heteroatoms. The van der Waals surface area contributed by atoms with E-state index >= 15 is 0 Å². The number of ether oxygens (including phenoxy) is 3. The fourth-order valence-corrected chi connectivity index (χ4v) is 6.20. The Kier molecular flexibility index (Phi) is 10.6. The van der Waals surface area contributed by atoms with Crippen molar-refractivity contribution in [3.8, 4) is 0 Å². The van der Waals surface area contributed by atoms with E-state index in [1.54, 1.807) is 0 Å². The number of rotatable bonds is 11. The molecule has 2 saturated heterocycles. The molecule has 2 aliphatic heterocycles. The molecule has 20 nitrogen and oxygen atoms in total. The SMILES string of the molecule is COC1C(CO)OC(OP(=O)(O)OP(=O)(O)OC[C@H]2OC(n3ccc(=O)[nH]c3=O)[C@H](O)[C@@H]2O)C(NC(C)=O)C1O. The van der Waals surface area contributed by atoms with E-state index in [2.05, 4.69) is 14.2 Å². The third-order valence-corrected chi connectivity index (χ3v) is 8.40. The second-order valence-corrected chi connectivity index (χ2v) is 11.6. The fourth-order valence-electron chi connectivity index (χ4n) is 4.03. The van der Waals surface area contributed by atoms with E-state index in [1.165, 1.54) is 0 Å². The molecule has 228 valence electrons. The van der Waals surface area contributed by atoms with Crippen molar-refractivity contribution >= 4 is 21.6 Å². The molecular formula is C18H29N3O17P2. The number of methoxy groups -OCH3 is 1. The highest BCUT2D eigenvalue weighted by molar-refractivity contribution is 7.61. The van der Waals surface area contributed by atoms with Gasteiger partial charge in [0, 0.05) is 26.3 Å². The van der Waals surface area contributed by atoms with E-state index in [0.717, 1.165) is 30.9 Å². The smallest absolute Gasteiger partial charge is 0.394 e. The van der Waals surface area contributed by atoms with Crippen molar-refractivity contribution in [1.82, 2.24) is 14.9 Å². The van der Waals surface area contributed by atoms with Crippen molar-refractivity contribution in [3.05, 3.63) is 33.1 Å². The molecule has 8 unspecified atom stereocenters. The highest BCUT2D eigenvalue weighted by atomic mass is 31.3. The number of aliphatic hydroxyl groups is 4. The van der Waals surface area contributed by atoms with Crippen LogP contribution in [0.3, 0.4) is 0 Å². The summed E-state index contributed by atoms with van der Waals surface area (Å²) in [4.78, 5) is 56.8. The minimum Gasteiger partial charge on any atom is -0.394 e. The van der Waals surface area contributed by atoms with Gasteiger partial charge in [-0.1, -0.05) is 0 Å². The molecule has 8 N–H and O–H groups in total. The zero-order valence-corrected chi connectivity index (χ0v) is 22.6. The lowest BCUT2D eigenvalue weighted by Crippen LogP contribution is -2.64. The summed E-state index contributed by atoms with van der Waals surface area (Å²) in [5.41, 5.74) is -1.74. The number of hydrogen-bond donors (Lipinski definition) is 8. The lowest BCUT2D eigenvalue weighted by atomic mass is 9.97. The number of phosphoric ester groups is 2. The summed E-state index contributed by atoms with van der Waals surface area (Å²) in [5.74, 6) is -0.733.